The largest absolute Gasteiger partial charge is 0.496 e. The number of hydrogen-bond donors (Lipinski definition) is 0. The number of hydrogen-bond acceptors (Lipinski definition) is 6. The van der Waals surface area contributed by atoms with Crippen LogP contribution in [0.15, 0.2) is 36.4 Å². The van der Waals surface area contributed by atoms with Gasteiger partial charge in [0, 0.05) is 12.5 Å². The van der Waals surface area contributed by atoms with Crippen LogP contribution in [0.25, 0.3) is 0 Å². The molecule has 2 rings (SSSR count). The van der Waals surface area contributed by atoms with Crippen molar-refractivity contribution in [3.8, 4) is 23.0 Å². The molecule has 0 saturated heterocycles. The predicted molar refractivity (Wildman–Crippen MR) is 91.6 cm³/mol. The number of benzene rings is 2. The predicted octanol–water partition coefficient (Wildman–Crippen LogP) is 3.55. The molecule has 25 heavy (non-hydrogen) atoms. The minimum absolute atomic E-state index is 0.285. The molecule has 0 N–H and O–H groups in total. The fourth-order valence-corrected chi connectivity index (χ4v) is 2.16. The third kappa shape index (κ3) is 4.50. The molecule has 0 aromatic heterocycles. The molecule has 0 atom stereocenters. The van der Waals surface area contributed by atoms with Crippen molar-refractivity contribution in [2.45, 2.75) is 20.3 Å². The van der Waals surface area contributed by atoms with Crippen LogP contribution in [0.5, 0.6) is 23.0 Å². The highest BCUT2D eigenvalue weighted by Crippen LogP contribution is 2.29. The van der Waals surface area contributed by atoms with Gasteiger partial charge in [-0.05, 0) is 42.8 Å². The van der Waals surface area contributed by atoms with E-state index in [1.54, 1.807) is 50.4 Å². The Morgan fingerprint density at radius 3 is 1.96 bits per heavy atom. The van der Waals surface area contributed by atoms with Crippen molar-refractivity contribution in [3.63, 3.8) is 0 Å². The molecule has 0 aliphatic rings. The highest BCUT2D eigenvalue weighted by Gasteiger charge is 2.17. The van der Waals surface area contributed by atoms with Crippen molar-refractivity contribution in [3.05, 3.63) is 47.5 Å². The average molecular weight is 344 g/mol. The average Bonchev–Trinajstić information content (AvgIpc) is 2.62. The molecule has 0 saturated carbocycles. The van der Waals surface area contributed by atoms with Crippen molar-refractivity contribution < 1.29 is 28.5 Å². The Morgan fingerprint density at radius 1 is 0.880 bits per heavy atom. The Kier molecular flexibility index (Phi) is 6.00. The van der Waals surface area contributed by atoms with Crippen LogP contribution in [-0.2, 0) is 4.79 Å². The number of carbonyl (C=O) groups excluding carboxylic acids is 2. The second kappa shape index (κ2) is 8.19. The summed E-state index contributed by atoms with van der Waals surface area (Å²) in [6, 6.07) is 9.52. The van der Waals surface area contributed by atoms with E-state index in [0.717, 1.165) is 5.56 Å². The summed E-state index contributed by atoms with van der Waals surface area (Å²) in [4.78, 5) is 23.7. The van der Waals surface area contributed by atoms with Gasteiger partial charge in [0.1, 0.15) is 28.6 Å². The first-order valence-corrected chi connectivity index (χ1v) is 7.74. The molecular formula is C19H20O6. The van der Waals surface area contributed by atoms with E-state index in [1.165, 1.54) is 7.11 Å². The molecule has 2 aromatic rings. The first kappa shape index (κ1) is 18.3. The Bertz CT molecular complexity index is 764. The molecule has 0 amide bonds. The van der Waals surface area contributed by atoms with Gasteiger partial charge in [-0.15, -0.1) is 0 Å². The van der Waals surface area contributed by atoms with Crippen molar-refractivity contribution >= 4 is 11.9 Å². The summed E-state index contributed by atoms with van der Waals surface area (Å²) in [5.74, 6) is 0.821. The maximum absolute atomic E-state index is 12.4. The number of ether oxygens (including phenoxy) is 4. The van der Waals surface area contributed by atoms with Gasteiger partial charge in [0.25, 0.3) is 0 Å². The number of aryl methyl sites for hydroxylation is 1. The van der Waals surface area contributed by atoms with E-state index in [1.807, 2.05) is 6.92 Å². The quantitative estimate of drug-likeness (QED) is 0.589. The molecule has 0 radical (unpaired) electrons. The van der Waals surface area contributed by atoms with Crippen LogP contribution >= 0.6 is 0 Å². The molecule has 6 heteroatoms. The van der Waals surface area contributed by atoms with Gasteiger partial charge in [-0.1, -0.05) is 6.92 Å². The minimum atomic E-state index is -0.555. The van der Waals surface area contributed by atoms with Crippen LogP contribution < -0.4 is 18.9 Å². The lowest BCUT2D eigenvalue weighted by Crippen LogP contribution is -2.11. The summed E-state index contributed by atoms with van der Waals surface area (Å²) in [7, 11) is 3.02. The zero-order valence-electron chi connectivity index (χ0n) is 14.6. The Labute approximate surface area is 146 Å². The second-order valence-corrected chi connectivity index (χ2v) is 5.21. The summed E-state index contributed by atoms with van der Waals surface area (Å²) in [6.07, 6.45) is 0.285. The molecule has 0 fully saturated rings. The van der Waals surface area contributed by atoms with E-state index in [4.69, 9.17) is 18.9 Å². The molecule has 0 unspecified atom stereocenters. The monoisotopic (exact) mass is 344 g/mol. The SMILES string of the molecule is CCC(=O)Oc1ccc(OC(=O)c2cc(C)c(OC)cc2OC)cc1. The van der Waals surface area contributed by atoms with Gasteiger partial charge in [-0.3, -0.25) is 4.79 Å². The van der Waals surface area contributed by atoms with E-state index < -0.39 is 5.97 Å². The van der Waals surface area contributed by atoms with E-state index in [2.05, 4.69) is 0 Å². The maximum atomic E-state index is 12.4. The van der Waals surface area contributed by atoms with Gasteiger partial charge in [-0.2, -0.15) is 0 Å². The third-order valence-corrected chi connectivity index (χ3v) is 3.49. The van der Waals surface area contributed by atoms with Gasteiger partial charge in [0.2, 0.25) is 0 Å². The summed E-state index contributed by atoms with van der Waals surface area (Å²) >= 11 is 0. The number of esters is 2. The van der Waals surface area contributed by atoms with Crippen molar-refractivity contribution in [1.82, 2.24) is 0 Å². The first-order chi connectivity index (χ1) is 12.0. The fourth-order valence-electron chi connectivity index (χ4n) is 2.16. The molecule has 0 aliphatic carbocycles. The summed E-state index contributed by atoms with van der Waals surface area (Å²) < 4.78 is 20.9. The van der Waals surface area contributed by atoms with Crippen LogP contribution in [0, 0.1) is 6.92 Å². The maximum Gasteiger partial charge on any atom is 0.347 e. The number of rotatable bonds is 6. The van der Waals surface area contributed by atoms with Crippen molar-refractivity contribution in [2.24, 2.45) is 0 Å². The van der Waals surface area contributed by atoms with Crippen molar-refractivity contribution in [1.29, 1.82) is 0 Å². The normalized spacial score (nSPS) is 10.1. The lowest BCUT2D eigenvalue weighted by atomic mass is 10.1. The van der Waals surface area contributed by atoms with Crippen LogP contribution in [0.2, 0.25) is 0 Å². The van der Waals surface area contributed by atoms with Gasteiger partial charge in [-0.25, -0.2) is 4.79 Å². The third-order valence-electron chi connectivity index (χ3n) is 3.49. The topological polar surface area (TPSA) is 71.1 Å². The molecule has 0 bridgehead atoms. The van der Waals surface area contributed by atoms with Gasteiger partial charge >= 0.3 is 11.9 Å². The summed E-state index contributed by atoms with van der Waals surface area (Å²) in [5, 5.41) is 0. The van der Waals surface area contributed by atoms with E-state index >= 15 is 0 Å². The standard InChI is InChI=1S/C19H20O6/c1-5-18(20)24-13-6-8-14(9-7-13)25-19(21)15-10-12(2)16(22-3)11-17(15)23-4/h6-11H,5H2,1-4H3. The van der Waals surface area contributed by atoms with Crippen LogP contribution in [0.4, 0.5) is 0 Å². The van der Waals surface area contributed by atoms with Gasteiger partial charge < -0.3 is 18.9 Å². The van der Waals surface area contributed by atoms with Gasteiger partial charge in [0.15, 0.2) is 0 Å². The first-order valence-electron chi connectivity index (χ1n) is 7.74. The van der Waals surface area contributed by atoms with E-state index in [0.29, 0.717) is 28.6 Å². The zero-order valence-corrected chi connectivity index (χ0v) is 14.6. The Hall–Kier alpha value is -3.02. The Balaban J connectivity index is 2.17. The zero-order chi connectivity index (χ0) is 18.4. The molecule has 0 aliphatic heterocycles. The highest BCUT2D eigenvalue weighted by atomic mass is 16.5. The minimum Gasteiger partial charge on any atom is -0.496 e. The summed E-state index contributed by atoms with van der Waals surface area (Å²) in [6.45, 7) is 3.54. The lowest BCUT2D eigenvalue weighted by Gasteiger charge is -2.12. The van der Waals surface area contributed by atoms with Crippen molar-refractivity contribution in [2.75, 3.05) is 14.2 Å². The summed E-state index contributed by atoms with van der Waals surface area (Å²) in [5.41, 5.74) is 1.08. The molecule has 0 heterocycles. The van der Waals surface area contributed by atoms with Crippen LogP contribution in [0.3, 0.4) is 0 Å². The van der Waals surface area contributed by atoms with Crippen LogP contribution in [0.1, 0.15) is 29.3 Å². The number of methoxy groups -OCH3 is 2. The molecule has 2 aromatic carbocycles. The van der Waals surface area contributed by atoms with Gasteiger partial charge in [0.05, 0.1) is 14.2 Å². The molecular weight excluding hydrogens is 324 g/mol. The van der Waals surface area contributed by atoms with Crippen LogP contribution in [-0.4, -0.2) is 26.2 Å². The Morgan fingerprint density at radius 2 is 1.44 bits per heavy atom. The molecule has 6 nitrogen and oxygen atoms in total. The smallest absolute Gasteiger partial charge is 0.347 e. The highest BCUT2D eigenvalue weighted by molar-refractivity contribution is 5.94. The van der Waals surface area contributed by atoms with E-state index in [9.17, 15) is 9.59 Å². The second-order valence-electron chi connectivity index (χ2n) is 5.21. The molecule has 0 spiro atoms. The fraction of sp³-hybridized carbons (Fsp3) is 0.263. The number of carbonyl (C=O) groups is 2. The molecule has 132 valence electrons. The van der Waals surface area contributed by atoms with E-state index in [-0.39, 0.29) is 12.4 Å². The lowest BCUT2D eigenvalue weighted by molar-refractivity contribution is -0.134.